The first kappa shape index (κ1) is 13.3. The van der Waals surface area contributed by atoms with E-state index in [1.807, 2.05) is 0 Å². The first-order chi connectivity index (χ1) is 7.89. The van der Waals surface area contributed by atoms with Gasteiger partial charge in [0.1, 0.15) is 0 Å². The average molecular weight is 295 g/mol. The molecule has 1 aliphatic carbocycles. The number of aromatic nitrogens is 1. The highest BCUT2D eigenvalue weighted by Crippen LogP contribution is 2.33. The minimum atomic E-state index is -3.36. The van der Waals surface area contributed by atoms with Crippen LogP contribution in [0.25, 0.3) is 0 Å². The maximum Gasteiger partial charge on any atom is 0.253 e. The topological polar surface area (TPSA) is 50.3 Å². The highest BCUT2D eigenvalue weighted by Gasteiger charge is 2.32. The highest BCUT2D eigenvalue weighted by atomic mass is 35.5. The van der Waals surface area contributed by atoms with E-state index in [4.69, 9.17) is 11.6 Å². The predicted molar refractivity (Wildman–Crippen MR) is 69.0 cm³/mol. The van der Waals surface area contributed by atoms with E-state index in [0.717, 1.165) is 17.8 Å². The molecule has 0 spiro atoms. The van der Waals surface area contributed by atoms with Crippen LogP contribution in [0.3, 0.4) is 0 Å². The monoisotopic (exact) mass is 294 g/mol. The third-order valence-electron chi connectivity index (χ3n) is 2.96. The van der Waals surface area contributed by atoms with E-state index in [2.05, 4.69) is 4.98 Å². The second-order valence-corrected chi connectivity index (χ2v) is 8.54. The van der Waals surface area contributed by atoms with Crippen LogP contribution in [-0.4, -0.2) is 36.7 Å². The van der Waals surface area contributed by atoms with Crippen LogP contribution < -0.4 is 0 Å². The average Bonchev–Trinajstić information content (AvgIpc) is 2.63. The van der Waals surface area contributed by atoms with Crippen LogP contribution >= 0.6 is 22.9 Å². The number of hydrogen-bond donors (Lipinski definition) is 0. The molecule has 1 aromatic heterocycles. The van der Waals surface area contributed by atoms with Crippen LogP contribution in [0.4, 0.5) is 0 Å². The Morgan fingerprint density at radius 2 is 2.24 bits per heavy atom. The van der Waals surface area contributed by atoms with Gasteiger partial charge in [0, 0.05) is 19.0 Å². The van der Waals surface area contributed by atoms with Crippen molar-refractivity contribution in [2.75, 3.05) is 13.6 Å². The molecule has 7 heteroatoms. The molecule has 0 saturated heterocycles. The molecule has 1 heterocycles. The maximum absolute atomic E-state index is 12.2. The molecule has 0 atom stereocenters. The number of sulfonamides is 1. The Morgan fingerprint density at radius 1 is 1.59 bits per heavy atom. The maximum atomic E-state index is 12.2. The summed E-state index contributed by atoms with van der Waals surface area (Å²) in [6.07, 6.45) is 3.24. The van der Waals surface area contributed by atoms with E-state index >= 15 is 0 Å². The molecule has 1 aliphatic rings. The Labute approximate surface area is 111 Å². The fourth-order valence-electron chi connectivity index (χ4n) is 1.88. The van der Waals surface area contributed by atoms with E-state index in [1.54, 1.807) is 14.0 Å². The van der Waals surface area contributed by atoms with Gasteiger partial charge in [-0.3, -0.25) is 0 Å². The first-order valence-corrected chi connectivity index (χ1v) is 8.11. The van der Waals surface area contributed by atoms with Crippen molar-refractivity contribution in [1.29, 1.82) is 0 Å². The van der Waals surface area contributed by atoms with E-state index in [0.29, 0.717) is 16.7 Å². The molecule has 4 nitrogen and oxygen atoms in total. The van der Waals surface area contributed by atoms with Gasteiger partial charge in [0.05, 0.1) is 11.2 Å². The number of alkyl halides is 1. The molecule has 0 amide bonds. The van der Waals surface area contributed by atoms with Gasteiger partial charge < -0.3 is 0 Å². The fraction of sp³-hybridized carbons (Fsp3) is 0.700. The zero-order valence-corrected chi connectivity index (χ0v) is 12.1. The van der Waals surface area contributed by atoms with Crippen LogP contribution in [0.15, 0.2) is 10.4 Å². The summed E-state index contributed by atoms with van der Waals surface area (Å²) in [6, 6.07) is 0. The van der Waals surface area contributed by atoms with Gasteiger partial charge >= 0.3 is 0 Å². The van der Waals surface area contributed by atoms with Gasteiger partial charge in [-0.05, 0) is 25.7 Å². The summed E-state index contributed by atoms with van der Waals surface area (Å²) in [5, 5.41) is 0.989. The van der Waals surface area contributed by atoms with Crippen LogP contribution in [0.1, 0.15) is 17.8 Å². The van der Waals surface area contributed by atoms with Gasteiger partial charge in [-0.15, -0.1) is 22.9 Å². The Bertz CT molecular complexity index is 494. The van der Waals surface area contributed by atoms with Gasteiger partial charge in [-0.2, -0.15) is 4.31 Å². The smallest absolute Gasteiger partial charge is 0.249 e. The summed E-state index contributed by atoms with van der Waals surface area (Å²) < 4.78 is 26.1. The molecule has 17 heavy (non-hydrogen) atoms. The van der Waals surface area contributed by atoms with Crippen molar-refractivity contribution >= 4 is 33.0 Å². The highest BCUT2D eigenvalue weighted by molar-refractivity contribution is 7.91. The summed E-state index contributed by atoms with van der Waals surface area (Å²) in [4.78, 5) is 3.98. The van der Waals surface area contributed by atoms with Crippen LogP contribution in [-0.2, 0) is 10.0 Å². The minimum Gasteiger partial charge on any atom is -0.249 e. The van der Waals surface area contributed by atoms with Gasteiger partial charge in [-0.1, -0.05) is 0 Å². The van der Waals surface area contributed by atoms with Gasteiger partial charge in [0.15, 0.2) is 4.21 Å². The van der Waals surface area contributed by atoms with Crippen LogP contribution in [0.2, 0.25) is 0 Å². The fourth-order valence-corrected chi connectivity index (χ4v) is 4.95. The molecule has 0 aromatic carbocycles. The van der Waals surface area contributed by atoms with Crippen molar-refractivity contribution in [1.82, 2.24) is 9.29 Å². The Kier molecular flexibility index (Phi) is 3.77. The van der Waals surface area contributed by atoms with Gasteiger partial charge in [-0.25, -0.2) is 13.4 Å². The molecule has 2 rings (SSSR count). The standard InChI is InChI=1S/C10H15ClN2O2S2/c1-7-12-5-10(16-7)17(14,15)13(2)6-8-3-9(11)4-8/h5,8-9H,3-4,6H2,1-2H3. The molecule has 1 aromatic rings. The summed E-state index contributed by atoms with van der Waals surface area (Å²) >= 11 is 7.10. The van der Waals surface area contributed by atoms with E-state index in [9.17, 15) is 8.42 Å². The molecule has 0 N–H and O–H groups in total. The molecular weight excluding hydrogens is 280 g/mol. The lowest BCUT2D eigenvalue weighted by Gasteiger charge is -2.33. The zero-order valence-electron chi connectivity index (χ0n) is 9.76. The minimum absolute atomic E-state index is 0.224. The van der Waals surface area contributed by atoms with Crippen molar-refractivity contribution in [2.45, 2.75) is 29.4 Å². The largest absolute Gasteiger partial charge is 0.253 e. The molecule has 0 unspecified atom stereocenters. The van der Waals surface area contributed by atoms with E-state index in [1.165, 1.54) is 21.8 Å². The molecular formula is C10H15ClN2O2S2. The number of aryl methyl sites for hydroxylation is 1. The lowest BCUT2D eigenvalue weighted by molar-refractivity contribution is 0.269. The second kappa shape index (κ2) is 4.84. The number of rotatable bonds is 4. The second-order valence-electron chi connectivity index (χ2n) is 4.42. The van der Waals surface area contributed by atoms with Crippen LogP contribution in [0.5, 0.6) is 0 Å². The first-order valence-electron chi connectivity index (χ1n) is 5.42. The van der Waals surface area contributed by atoms with Crippen LogP contribution in [0, 0.1) is 12.8 Å². The summed E-state index contributed by atoms with van der Waals surface area (Å²) in [7, 11) is -1.74. The SMILES string of the molecule is Cc1ncc(S(=O)(=O)N(C)CC2CC(Cl)C2)s1. The molecule has 0 radical (unpaired) electrons. The summed E-state index contributed by atoms with van der Waals surface area (Å²) in [6.45, 7) is 2.34. The number of nitrogens with zero attached hydrogens (tertiary/aromatic N) is 2. The normalized spacial score (nSPS) is 24.9. The molecule has 1 fully saturated rings. The number of hydrogen-bond acceptors (Lipinski definition) is 4. The third-order valence-corrected chi connectivity index (χ3v) is 6.49. The molecule has 0 aliphatic heterocycles. The Balaban J connectivity index is 2.05. The van der Waals surface area contributed by atoms with E-state index < -0.39 is 10.0 Å². The van der Waals surface area contributed by atoms with Gasteiger partial charge in [0.25, 0.3) is 10.0 Å². The van der Waals surface area contributed by atoms with Crippen molar-refractivity contribution in [3.63, 3.8) is 0 Å². The molecule has 0 bridgehead atoms. The summed E-state index contributed by atoms with van der Waals surface area (Å²) in [5.74, 6) is 0.395. The van der Waals surface area contributed by atoms with Crippen molar-refractivity contribution in [3.8, 4) is 0 Å². The van der Waals surface area contributed by atoms with Crippen molar-refractivity contribution < 1.29 is 8.42 Å². The zero-order chi connectivity index (χ0) is 12.6. The van der Waals surface area contributed by atoms with Crippen molar-refractivity contribution in [3.05, 3.63) is 11.2 Å². The predicted octanol–water partition coefficient (Wildman–Crippen LogP) is 2.09. The lowest BCUT2D eigenvalue weighted by atomic mass is 9.85. The van der Waals surface area contributed by atoms with Gasteiger partial charge in [0.2, 0.25) is 0 Å². The van der Waals surface area contributed by atoms with E-state index in [-0.39, 0.29) is 5.38 Å². The molecule has 96 valence electrons. The number of thiazole rings is 1. The molecule has 1 saturated carbocycles. The quantitative estimate of drug-likeness (QED) is 0.799. The summed E-state index contributed by atoms with van der Waals surface area (Å²) in [5.41, 5.74) is 0. The Hall–Kier alpha value is -0.170. The Morgan fingerprint density at radius 3 is 2.71 bits per heavy atom. The lowest BCUT2D eigenvalue weighted by Crippen LogP contribution is -2.37. The number of halogens is 1. The van der Waals surface area contributed by atoms with Crippen molar-refractivity contribution in [2.24, 2.45) is 5.92 Å². The third kappa shape index (κ3) is 2.81.